The average molecular weight is 407 g/mol. The summed E-state index contributed by atoms with van der Waals surface area (Å²) in [5.41, 5.74) is 4.02. The van der Waals surface area contributed by atoms with E-state index in [0.29, 0.717) is 18.8 Å². The van der Waals surface area contributed by atoms with Crippen molar-refractivity contribution in [2.24, 2.45) is 0 Å². The molecule has 0 saturated carbocycles. The fraction of sp³-hybridized carbons (Fsp3) is 0.304. The molecule has 1 atom stereocenters. The lowest BCUT2D eigenvalue weighted by molar-refractivity contribution is 0.0723. The summed E-state index contributed by atoms with van der Waals surface area (Å²) in [6, 6.07) is 15.3. The third-order valence-corrected chi connectivity index (χ3v) is 5.36. The van der Waals surface area contributed by atoms with Gasteiger partial charge in [0, 0.05) is 31.4 Å². The molecule has 1 amide bonds. The normalized spacial score (nSPS) is 15.4. The van der Waals surface area contributed by atoms with Crippen LogP contribution < -0.4 is 9.47 Å². The molecule has 0 fully saturated rings. The van der Waals surface area contributed by atoms with Gasteiger partial charge in [0.1, 0.15) is 17.2 Å². The van der Waals surface area contributed by atoms with Gasteiger partial charge in [0.25, 0.3) is 5.91 Å². The Morgan fingerprint density at radius 1 is 1.03 bits per heavy atom. The van der Waals surface area contributed by atoms with Crippen molar-refractivity contribution in [3.63, 3.8) is 0 Å². The number of rotatable bonds is 8. The standard InChI is InChI=1S/C23H25N3O4/c1-28-12-6-11-26-22(16-8-5-10-18(14-16)30-3)19-20(24-25-21(19)23(26)27)15-7-4-9-17(13-15)29-2/h4-5,7-10,13-14,22H,6,11-12H2,1-3H3,(H,24,25). The van der Waals surface area contributed by atoms with Crippen LogP contribution in [0.25, 0.3) is 11.3 Å². The topological polar surface area (TPSA) is 76.7 Å². The highest BCUT2D eigenvalue weighted by Crippen LogP contribution is 2.43. The molecule has 1 aliphatic rings. The number of amides is 1. The smallest absolute Gasteiger partial charge is 0.273 e. The van der Waals surface area contributed by atoms with E-state index in [1.807, 2.05) is 53.4 Å². The van der Waals surface area contributed by atoms with Crippen molar-refractivity contribution in [1.82, 2.24) is 15.1 Å². The number of hydrogen-bond acceptors (Lipinski definition) is 5. The maximum atomic E-state index is 13.3. The molecule has 7 heteroatoms. The molecule has 156 valence electrons. The molecule has 1 aromatic heterocycles. The summed E-state index contributed by atoms with van der Waals surface area (Å²) in [6.45, 7) is 1.16. The van der Waals surface area contributed by atoms with Crippen LogP contribution in [0, 0.1) is 0 Å². The van der Waals surface area contributed by atoms with Crippen LogP contribution in [0.2, 0.25) is 0 Å². The molecule has 1 unspecified atom stereocenters. The van der Waals surface area contributed by atoms with E-state index in [-0.39, 0.29) is 11.9 Å². The number of nitrogens with zero attached hydrogens (tertiary/aromatic N) is 2. The van der Waals surface area contributed by atoms with Crippen molar-refractivity contribution < 1.29 is 19.0 Å². The number of hydrogen-bond donors (Lipinski definition) is 1. The molecule has 0 spiro atoms. The highest BCUT2D eigenvalue weighted by atomic mass is 16.5. The Morgan fingerprint density at radius 2 is 1.77 bits per heavy atom. The van der Waals surface area contributed by atoms with E-state index in [0.717, 1.165) is 40.3 Å². The first-order valence-corrected chi connectivity index (χ1v) is 9.84. The van der Waals surface area contributed by atoms with Gasteiger partial charge >= 0.3 is 0 Å². The second-order valence-electron chi connectivity index (χ2n) is 7.12. The molecule has 4 rings (SSSR count). The summed E-state index contributed by atoms with van der Waals surface area (Å²) < 4.78 is 16.0. The van der Waals surface area contributed by atoms with E-state index in [4.69, 9.17) is 14.2 Å². The van der Waals surface area contributed by atoms with Crippen molar-refractivity contribution in [3.8, 4) is 22.8 Å². The Kier molecular flexibility index (Phi) is 5.72. The SMILES string of the molecule is COCCCN1C(=O)c2[nH]nc(-c3cccc(OC)c3)c2C1c1cccc(OC)c1. The summed E-state index contributed by atoms with van der Waals surface area (Å²) in [7, 11) is 4.94. The van der Waals surface area contributed by atoms with Gasteiger partial charge in [0.2, 0.25) is 0 Å². The summed E-state index contributed by atoms with van der Waals surface area (Å²) in [5.74, 6) is 1.43. The van der Waals surface area contributed by atoms with E-state index in [9.17, 15) is 4.79 Å². The number of ether oxygens (including phenoxy) is 3. The van der Waals surface area contributed by atoms with Crippen molar-refractivity contribution in [3.05, 3.63) is 65.4 Å². The van der Waals surface area contributed by atoms with Crippen molar-refractivity contribution in [2.45, 2.75) is 12.5 Å². The lowest BCUT2D eigenvalue weighted by Gasteiger charge is -2.26. The molecule has 0 saturated heterocycles. The Balaban J connectivity index is 1.83. The second kappa shape index (κ2) is 8.59. The fourth-order valence-electron chi connectivity index (χ4n) is 3.96. The summed E-state index contributed by atoms with van der Waals surface area (Å²) in [4.78, 5) is 15.1. The van der Waals surface area contributed by atoms with Crippen LogP contribution >= 0.6 is 0 Å². The number of carbonyl (C=O) groups is 1. The van der Waals surface area contributed by atoms with Crippen LogP contribution in [0.1, 0.15) is 34.1 Å². The third kappa shape index (κ3) is 3.52. The molecule has 3 aromatic rings. The monoisotopic (exact) mass is 407 g/mol. The summed E-state index contributed by atoms with van der Waals surface area (Å²) in [6.07, 6.45) is 0.745. The van der Waals surface area contributed by atoms with Crippen molar-refractivity contribution >= 4 is 5.91 Å². The van der Waals surface area contributed by atoms with Crippen LogP contribution in [-0.2, 0) is 4.74 Å². The minimum Gasteiger partial charge on any atom is -0.497 e. The first kappa shape index (κ1) is 20.0. The van der Waals surface area contributed by atoms with Gasteiger partial charge in [-0.25, -0.2) is 0 Å². The van der Waals surface area contributed by atoms with Crippen LogP contribution in [0.15, 0.2) is 48.5 Å². The van der Waals surface area contributed by atoms with Gasteiger partial charge in [0.15, 0.2) is 0 Å². The maximum Gasteiger partial charge on any atom is 0.273 e. The molecule has 2 aromatic carbocycles. The third-order valence-electron chi connectivity index (χ3n) is 5.36. The number of aromatic amines is 1. The number of aromatic nitrogens is 2. The van der Waals surface area contributed by atoms with E-state index in [2.05, 4.69) is 10.2 Å². The number of methoxy groups -OCH3 is 3. The zero-order valence-electron chi connectivity index (χ0n) is 17.3. The molecule has 1 N–H and O–H groups in total. The van der Waals surface area contributed by atoms with Gasteiger partial charge < -0.3 is 19.1 Å². The molecule has 0 radical (unpaired) electrons. The minimum atomic E-state index is -0.264. The van der Waals surface area contributed by atoms with E-state index in [1.54, 1.807) is 21.3 Å². The quantitative estimate of drug-likeness (QED) is 0.577. The minimum absolute atomic E-state index is 0.0597. The molecule has 1 aliphatic heterocycles. The van der Waals surface area contributed by atoms with Crippen molar-refractivity contribution in [1.29, 1.82) is 0 Å². The molecule has 30 heavy (non-hydrogen) atoms. The number of H-pyrrole nitrogens is 1. The van der Waals surface area contributed by atoms with Crippen molar-refractivity contribution in [2.75, 3.05) is 34.5 Å². The van der Waals surface area contributed by atoms with Crippen LogP contribution in [-0.4, -0.2) is 55.5 Å². The van der Waals surface area contributed by atoms with Crippen LogP contribution in [0.3, 0.4) is 0 Å². The highest BCUT2D eigenvalue weighted by Gasteiger charge is 2.42. The molecule has 0 aliphatic carbocycles. The number of fused-ring (bicyclic) bond motifs is 1. The lowest BCUT2D eigenvalue weighted by atomic mass is 9.95. The van der Waals surface area contributed by atoms with Gasteiger partial charge in [-0.1, -0.05) is 24.3 Å². The van der Waals surface area contributed by atoms with Gasteiger partial charge in [-0.05, 0) is 36.2 Å². The Morgan fingerprint density at radius 3 is 2.50 bits per heavy atom. The predicted molar refractivity (Wildman–Crippen MR) is 113 cm³/mol. The van der Waals surface area contributed by atoms with Crippen LogP contribution in [0.5, 0.6) is 11.5 Å². The van der Waals surface area contributed by atoms with E-state index in [1.165, 1.54) is 0 Å². The predicted octanol–water partition coefficient (Wildman–Crippen LogP) is 3.68. The molecule has 0 bridgehead atoms. The van der Waals surface area contributed by atoms with Gasteiger partial charge in [0.05, 0.1) is 26.0 Å². The zero-order chi connectivity index (χ0) is 21.1. The first-order valence-electron chi connectivity index (χ1n) is 9.84. The molecular weight excluding hydrogens is 382 g/mol. The summed E-state index contributed by atoms with van der Waals surface area (Å²) in [5, 5.41) is 7.48. The number of nitrogens with one attached hydrogen (secondary N) is 1. The summed E-state index contributed by atoms with van der Waals surface area (Å²) >= 11 is 0. The zero-order valence-corrected chi connectivity index (χ0v) is 17.3. The molecule has 2 heterocycles. The Hall–Kier alpha value is -3.32. The first-order chi connectivity index (χ1) is 14.7. The maximum absolute atomic E-state index is 13.3. The van der Waals surface area contributed by atoms with E-state index >= 15 is 0 Å². The number of benzene rings is 2. The van der Waals surface area contributed by atoms with Gasteiger partial charge in [-0.15, -0.1) is 0 Å². The molecule has 7 nitrogen and oxygen atoms in total. The lowest BCUT2D eigenvalue weighted by Crippen LogP contribution is -2.31. The Labute approximate surface area is 175 Å². The number of carbonyl (C=O) groups excluding carboxylic acids is 1. The largest absolute Gasteiger partial charge is 0.497 e. The van der Waals surface area contributed by atoms with E-state index < -0.39 is 0 Å². The van der Waals surface area contributed by atoms with Gasteiger partial charge in [-0.2, -0.15) is 5.10 Å². The second-order valence-corrected chi connectivity index (χ2v) is 7.12. The average Bonchev–Trinajstić information content (AvgIpc) is 3.33. The highest BCUT2D eigenvalue weighted by molar-refractivity contribution is 6.00. The van der Waals surface area contributed by atoms with Gasteiger partial charge in [-0.3, -0.25) is 9.89 Å². The Bertz CT molecular complexity index is 1050. The molecular formula is C23H25N3O4. The van der Waals surface area contributed by atoms with Crippen LogP contribution in [0.4, 0.5) is 0 Å². The fourth-order valence-corrected chi connectivity index (χ4v) is 3.96.